The predicted molar refractivity (Wildman–Crippen MR) is 138 cm³/mol. The second-order valence-corrected chi connectivity index (χ2v) is 9.51. The first kappa shape index (κ1) is 24.0. The summed E-state index contributed by atoms with van der Waals surface area (Å²) in [6, 6.07) is 18.0. The van der Waals surface area contributed by atoms with Crippen molar-refractivity contribution < 1.29 is 14.6 Å². The molecule has 1 aliphatic carbocycles. The first-order valence-corrected chi connectivity index (χ1v) is 12.6. The number of benzene rings is 2. The molecule has 186 valence electrons. The SMILES string of the molecule is CCc1ccc(C2=CN(C)C(NC(=O)c3ccccc3)c3cnc(O[C@H]4CC[C@H](O)CC4)nc32)cc1. The van der Waals surface area contributed by atoms with Crippen molar-refractivity contribution in [1.82, 2.24) is 20.2 Å². The molecule has 5 rings (SSSR count). The molecule has 0 saturated heterocycles. The monoisotopic (exact) mass is 484 g/mol. The van der Waals surface area contributed by atoms with Gasteiger partial charge >= 0.3 is 6.01 Å². The maximum atomic E-state index is 13.0. The summed E-state index contributed by atoms with van der Waals surface area (Å²) in [5, 5.41) is 13.0. The highest BCUT2D eigenvalue weighted by molar-refractivity contribution is 5.94. The number of aliphatic hydroxyl groups is 1. The van der Waals surface area contributed by atoms with Crippen LogP contribution in [0.25, 0.3) is 5.57 Å². The Hall–Kier alpha value is -3.71. The average molecular weight is 485 g/mol. The molecule has 1 fully saturated rings. The lowest BCUT2D eigenvalue weighted by Gasteiger charge is -2.34. The summed E-state index contributed by atoms with van der Waals surface area (Å²) < 4.78 is 6.14. The Morgan fingerprint density at radius 2 is 1.81 bits per heavy atom. The zero-order valence-electron chi connectivity index (χ0n) is 20.7. The van der Waals surface area contributed by atoms with Crippen LogP contribution in [0.3, 0.4) is 0 Å². The van der Waals surface area contributed by atoms with Crippen molar-refractivity contribution in [1.29, 1.82) is 0 Å². The topological polar surface area (TPSA) is 87.6 Å². The number of rotatable bonds is 6. The van der Waals surface area contributed by atoms with E-state index in [2.05, 4.69) is 41.5 Å². The molecule has 7 heteroatoms. The second kappa shape index (κ2) is 10.5. The van der Waals surface area contributed by atoms with Crippen LogP contribution in [0.4, 0.5) is 0 Å². The van der Waals surface area contributed by atoms with Gasteiger partial charge < -0.3 is 20.1 Å². The predicted octanol–water partition coefficient (Wildman–Crippen LogP) is 4.48. The second-order valence-electron chi connectivity index (χ2n) is 9.51. The van der Waals surface area contributed by atoms with Crippen molar-refractivity contribution in [3.8, 4) is 6.01 Å². The number of carbonyl (C=O) groups excluding carboxylic acids is 1. The number of aryl methyl sites for hydroxylation is 1. The van der Waals surface area contributed by atoms with Gasteiger partial charge in [0.2, 0.25) is 0 Å². The lowest BCUT2D eigenvalue weighted by atomic mass is 9.94. The fraction of sp³-hybridized carbons (Fsp3) is 0.345. The lowest BCUT2D eigenvalue weighted by molar-refractivity contribution is 0.0616. The van der Waals surface area contributed by atoms with Gasteiger partial charge in [0, 0.05) is 36.1 Å². The van der Waals surface area contributed by atoms with Crippen LogP contribution >= 0.6 is 0 Å². The minimum Gasteiger partial charge on any atom is -0.460 e. The Morgan fingerprint density at radius 3 is 2.50 bits per heavy atom. The van der Waals surface area contributed by atoms with Gasteiger partial charge in [0.05, 0.1) is 11.8 Å². The van der Waals surface area contributed by atoms with Gasteiger partial charge in [-0.1, -0.05) is 49.4 Å². The molecule has 1 atom stereocenters. The van der Waals surface area contributed by atoms with Crippen LogP contribution in [0.2, 0.25) is 0 Å². The highest BCUT2D eigenvalue weighted by atomic mass is 16.5. The van der Waals surface area contributed by atoms with E-state index in [1.165, 1.54) is 5.56 Å². The molecule has 0 spiro atoms. The molecule has 0 bridgehead atoms. The van der Waals surface area contributed by atoms with Crippen LogP contribution in [-0.2, 0) is 6.42 Å². The Bertz CT molecular complexity index is 1240. The molecule has 2 heterocycles. The van der Waals surface area contributed by atoms with Gasteiger partial charge in [-0.05, 0) is 55.4 Å². The highest BCUT2D eigenvalue weighted by Crippen LogP contribution is 2.36. The third-order valence-corrected chi connectivity index (χ3v) is 6.98. The number of amides is 1. The molecule has 1 aliphatic heterocycles. The van der Waals surface area contributed by atoms with Crippen molar-refractivity contribution in [3.63, 3.8) is 0 Å². The van der Waals surface area contributed by atoms with Gasteiger partial charge in [-0.2, -0.15) is 4.98 Å². The van der Waals surface area contributed by atoms with Crippen molar-refractivity contribution in [3.05, 3.63) is 94.9 Å². The van der Waals surface area contributed by atoms with Crippen molar-refractivity contribution in [2.24, 2.45) is 0 Å². The normalized spacial score (nSPS) is 21.4. The first-order valence-electron chi connectivity index (χ1n) is 12.6. The van der Waals surface area contributed by atoms with E-state index in [-0.39, 0.29) is 18.1 Å². The number of hydrogen-bond acceptors (Lipinski definition) is 6. The molecule has 7 nitrogen and oxygen atoms in total. The van der Waals surface area contributed by atoms with Gasteiger partial charge in [-0.15, -0.1) is 0 Å². The molecular weight excluding hydrogens is 452 g/mol. The number of hydrogen-bond donors (Lipinski definition) is 2. The Morgan fingerprint density at radius 1 is 1.08 bits per heavy atom. The smallest absolute Gasteiger partial charge is 0.317 e. The summed E-state index contributed by atoms with van der Waals surface area (Å²) in [7, 11) is 1.94. The van der Waals surface area contributed by atoms with Gasteiger partial charge in [-0.25, -0.2) is 4.98 Å². The third kappa shape index (κ3) is 5.11. The molecule has 3 aromatic rings. The number of ether oxygens (including phenoxy) is 1. The molecule has 0 radical (unpaired) electrons. The minimum absolute atomic E-state index is 0.0115. The van der Waals surface area contributed by atoms with Crippen LogP contribution in [0.1, 0.15) is 71.5 Å². The quantitative estimate of drug-likeness (QED) is 0.536. The number of fused-ring (bicyclic) bond motifs is 1. The van der Waals surface area contributed by atoms with E-state index in [9.17, 15) is 9.90 Å². The summed E-state index contributed by atoms with van der Waals surface area (Å²) >= 11 is 0. The number of nitrogens with zero attached hydrogens (tertiary/aromatic N) is 3. The van der Waals surface area contributed by atoms with Crippen LogP contribution in [0.15, 0.2) is 67.0 Å². The van der Waals surface area contributed by atoms with E-state index in [4.69, 9.17) is 9.72 Å². The number of aliphatic hydroxyl groups excluding tert-OH is 1. The molecule has 1 unspecified atom stereocenters. The standard InChI is InChI=1S/C29H32N4O3/c1-3-19-9-11-20(12-10-19)25-18-33(2)27(32-28(35)21-7-5-4-6-8-21)24-17-30-29(31-26(24)25)36-23-15-13-22(34)14-16-23/h4-12,17-18,22-23,27,34H,3,13-16H2,1-2H3,(H,32,35)/t22-,23-,27?. The number of aromatic nitrogens is 2. The van der Waals surface area contributed by atoms with Gasteiger partial charge in [0.25, 0.3) is 5.91 Å². The van der Waals surface area contributed by atoms with Crippen LogP contribution < -0.4 is 10.1 Å². The van der Waals surface area contributed by atoms with Crippen molar-refractivity contribution >= 4 is 11.5 Å². The summed E-state index contributed by atoms with van der Waals surface area (Å²) in [6.45, 7) is 2.14. The fourth-order valence-corrected chi connectivity index (χ4v) is 4.83. The number of nitrogens with one attached hydrogen (secondary N) is 1. The molecule has 1 amide bonds. The van der Waals surface area contributed by atoms with Crippen molar-refractivity contribution in [2.75, 3.05) is 7.05 Å². The molecule has 1 aromatic heterocycles. The molecular formula is C29H32N4O3. The lowest BCUT2D eigenvalue weighted by Crippen LogP contribution is -2.39. The van der Waals surface area contributed by atoms with Crippen LogP contribution in [-0.4, -0.2) is 45.1 Å². The Kier molecular flexibility index (Phi) is 7.00. The van der Waals surface area contributed by atoms with Gasteiger partial charge in [-0.3, -0.25) is 4.79 Å². The van der Waals surface area contributed by atoms with E-state index >= 15 is 0 Å². The van der Waals surface area contributed by atoms with E-state index < -0.39 is 6.17 Å². The minimum atomic E-state index is -0.426. The highest BCUT2D eigenvalue weighted by Gasteiger charge is 2.30. The van der Waals surface area contributed by atoms with E-state index in [1.54, 1.807) is 18.3 Å². The molecule has 1 saturated carbocycles. The Balaban J connectivity index is 1.48. The summed E-state index contributed by atoms with van der Waals surface area (Å²) in [5.74, 6) is -0.163. The Labute approximate surface area is 211 Å². The van der Waals surface area contributed by atoms with Crippen LogP contribution in [0, 0.1) is 0 Å². The zero-order chi connectivity index (χ0) is 25.1. The molecule has 2 aromatic carbocycles. The zero-order valence-corrected chi connectivity index (χ0v) is 20.7. The molecule has 2 N–H and O–H groups in total. The van der Waals surface area contributed by atoms with Gasteiger partial charge in [0.15, 0.2) is 0 Å². The average Bonchev–Trinajstić information content (AvgIpc) is 2.92. The molecule has 36 heavy (non-hydrogen) atoms. The maximum absolute atomic E-state index is 13.0. The van der Waals surface area contributed by atoms with Gasteiger partial charge in [0.1, 0.15) is 12.3 Å². The number of carbonyl (C=O) groups is 1. The van der Waals surface area contributed by atoms with Crippen LogP contribution in [0.5, 0.6) is 6.01 Å². The molecule has 2 aliphatic rings. The summed E-state index contributed by atoms with van der Waals surface area (Å²) in [6.07, 6.45) is 7.07. The maximum Gasteiger partial charge on any atom is 0.317 e. The summed E-state index contributed by atoms with van der Waals surface area (Å²) in [4.78, 5) is 24.4. The fourth-order valence-electron chi connectivity index (χ4n) is 4.83. The largest absolute Gasteiger partial charge is 0.460 e. The first-order chi connectivity index (χ1) is 17.5. The summed E-state index contributed by atoms with van der Waals surface area (Å²) in [5.41, 5.74) is 5.41. The van der Waals surface area contributed by atoms with E-state index in [1.807, 2.05) is 36.3 Å². The van der Waals surface area contributed by atoms with E-state index in [0.29, 0.717) is 11.6 Å². The van der Waals surface area contributed by atoms with E-state index in [0.717, 1.165) is 54.5 Å². The third-order valence-electron chi connectivity index (χ3n) is 6.98. The van der Waals surface area contributed by atoms with Crippen molar-refractivity contribution in [2.45, 2.75) is 57.4 Å².